The van der Waals surface area contributed by atoms with Gasteiger partial charge in [0.15, 0.2) is 0 Å². The predicted octanol–water partition coefficient (Wildman–Crippen LogP) is 4.63. The van der Waals surface area contributed by atoms with Gasteiger partial charge in [0.2, 0.25) is 0 Å². The van der Waals surface area contributed by atoms with Crippen molar-refractivity contribution in [3.63, 3.8) is 0 Å². The van der Waals surface area contributed by atoms with E-state index in [1.165, 1.54) is 37.8 Å². The number of aromatic nitrogens is 3. The first-order valence-electron chi connectivity index (χ1n) is 7.08. The van der Waals surface area contributed by atoms with Gasteiger partial charge in [-0.1, -0.05) is 0 Å². The van der Waals surface area contributed by atoms with E-state index in [2.05, 4.69) is 14.7 Å². The molecule has 1 unspecified atom stereocenters. The maximum Gasteiger partial charge on any atom is 0.573 e. The third kappa shape index (κ3) is 3.17. The average Bonchev–Trinajstić information content (AvgIpc) is 2.88. The first-order chi connectivity index (χ1) is 11.2. The molecule has 0 bridgehead atoms. The van der Waals surface area contributed by atoms with E-state index in [4.69, 9.17) is 0 Å². The minimum atomic E-state index is -4.74. The molecule has 0 saturated heterocycles. The van der Waals surface area contributed by atoms with E-state index in [0.717, 1.165) is 0 Å². The number of hydrogen-bond donors (Lipinski definition) is 0. The predicted molar refractivity (Wildman–Crippen MR) is 79.4 cm³/mol. The Labute approximate surface area is 134 Å². The number of aryl methyl sites for hydroxylation is 1. The fourth-order valence-corrected chi connectivity index (χ4v) is 2.49. The molecule has 0 amide bonds. The molecule has 2 heterocycles. The van der Waals surface area contributed by atoms with Gasteiger partial charge in [0, 0.05) is 5.56 Å². The molecule has 0 aliphatic rings. The van der Waals surface area contributed by atoms with Gasteiger partial charge in [-0.3, -0.25) is 4.40 Å². The molecule has 1 atom stereocenters. The number of alkyl halides is 4. The van der Waals surface area contributed by atoms with Crippen molar-refractivity contribution in [2.75, 3.05) is 0 Å². The van der Waals surface area contributed by atoms with Crippen LogP contribution in [0.25, 0.3) is 16.8 Å². The zero-order valence-electron chi connectivity index (χ0n) is 12.8. The van der Waals surface area contributed by atoms with Crippen LogP contribution in [0.4, 0.5) is 17.6 Å². The highest BCUT2D eigenvalue weighted by Gasteiger charge is 2.31. The second-order valence-electron chi connectivity index (χ2n) is 5.34. The van der Waals surface area contributed by atoms with Gasteiger partial charge in [0.05, 0.1) is 11.2 Å². The lowest BCUT2D eigenvalue weighted by Crippen LogP contribution is -2.17. The molecule has 126 valence electrons. The van der Waals surface area contributed by atoms with Crippen molar-refractivity contribution in [2.45, 2.75) is 26.4 Å². The van der Waals surface area contributed by atoms with Crippen molar-refractivity contribution in [1.29, 1.82) is 0 Å². The smallest absolute Gasteiger partial charge is 0.406 e. The fourth-order valence-electron chi connectivity index (χ4n) is 2.49. The van der Waals surface area contributed by atoms with Gasteiger partial charge in [-0.15, -0.1) is 13.2 Å². The van der Waals surface area contributed by atoms with Gasteiger partial charge in [0.25, 0.3) is 0 Å². The van der Waals surface area contributed by atoms with Crippen LogP contribution in [0.3, 0.4) is 0 Å². The zero-order valence-corrected chi connectivity index (χ0v) is 12.8. The van der Waals surface area contributed by atoms with Crippen LogP contribution in [0.2, 0.25) is 0 Å². The van der Waals surface area contributed by atoms with Crippen LogP contribution in [0.15, 0.2) is 36.9 Å². The molecule has 8 heteroatoms. The van der Waals surface area contributed by atoms with Gasteiger partial charge in [-0.05, 0) is 43.7 Å². The van der Waals surface area contributed by atoms with Crippen LogP contribution in [0, 0.1) is 6.92 Å². The van der Waals surface area contributed by atoms with Crippen LogP contribution < -0.4 is 4.74 Å². The van der Waals surface area contributed by atoms with Crippen LogP contribution in [-0.2, 0) is 0 Å². The summed E-state index contributed by atoms with van der Waals surface area (Å²) in [4.78, 5) is 8.26. The quantitative estimate of drug-likeness (QED) is 0.653. The van der Waals surface area contributed by atoms with Crippen molar-refractivity contribution >= 4 is 5.52 Å². The average molecular weight is 339 g/mol. The van der Waals surface area contributed by atoms with Gasteiger partial charge in [-0.25, -0.2) is 14.4 Å². The summed E-state index contributed by atoms with van der Waals surface area (Å²) in [6, 6.07) is 5.65. The van der Waals surface area contributed by atoms with Gasteiger partial charge < -0.3 is 4.74 Å². The van der Waals surface area contributed by atoms with Crippen molar-refractivity contribution in [2.24, 2.45) is 0 Å². The van der Waals surface area contributed by atoms with Gasteiger partial charge in [-0.2, -0.15) is 0 Å². The second kappa shape index (κ2) is 5.77. The first kappa shape index (κ1) is 16.2. The monoisotopic (exact) mass is 339 g/mol. The minimum Gasteiger partial charge on any atom is -0.406 e. The number of ether oxygens (including phenoxy) is 1. The number of hydrogen-bond acceptors (Lipinski definition) is 3. The Morgan fingerprint density at radius 3 is 2.46 bits per heavy atom. The van der Waals surface area contributed by atoms with E-state index in [-0.39, 0.29) is 11.4 Å². The normalized spacial score (nSPS) is 13.2. The molecular weight excluding hydrogens is 326 g/mol. The number of benzene rings is 1. The number of fused-ring (bicyclic) bond motifs is 1. The molecule has 0 N–H and O–H groups in total. The van der Waals surface area contributed by atoms with E-state index < -0.39 is 12.5 Å². The molecule has 0 saturated carbocycles. The molecule has 0 fully saturated rings. The third-order valence-electron chi connectivity index (χ3n) is 3.54. The van der Waals surface area contributed by atoms with Crippen LogP contribution in [0.1, 0.15) is 24.4 Å². The molecule has 0 aliphatic carbocycles. The maximum atomic E-state index is 13.6. The summed E-state index contributed by atoms with van der Waals surface area (Å²) >= 11 is 0. The molecule has 24 heavy (non-hydrogen) atoms. The molecule has 2 aromatic heterocycles. The Kier molecular flexibility index (Phi) is 3.90. The summed E-state index contributed by atoms with van der Waals surface area (Å²) < 4.78 is 55.9. The number of halogens is 4. The van der Waals surface area contributed by atoms with Crippen molar-refractivity contribution in [3.8, 4) is 17.0 Å². The molecule has 0 spiro atoms. The largest absolute Gasteiger partial charge is 0.573 e. The SMILES string of the molecule is Cc1cc(OC(F)(F)F)ccc1-c1cc2c(C(C)F)ncn2cn1. The highest BCUT2D eigenvalue weighted by Crippen LogP contribution is 2.30. The molecule has 1 aromatic carbocycles. The minimum absolute atomic E-state index is 0.285. The summed E-state index contributed by atoms with van der Waals surface area (Å²) in [7, 11) is 0. The zero-order chi connectivity index (χ0) is 17.5. The van der Waals surface area contributed by atoms with Crippen LogP contribution in [0.5, 0.6) is 5.75 Å². The highest BCUT2D eigenvalue weighted by atomic mass is 19.4. The number of imidazole rings is 1. The molecule has 0 radical (unpaired) electrons. The van der Waals surface area contributed by atoms with E-state index in [1.54, 1.807) is 17.4 Å². The van der Waals surface area contributed by atoms with E-state index in [1.807, 2.05) is 0 Å². The standard InChI is InChI=1S/C16H13F4N3O/c1-9-5-11(24-16(18,19)20)3-4-12(9)13-6-14-15(10(2)17)22-8-23(14)7-21-13/h3-8,10H,1-2H3. The summed E-state index contributed by atoms with van der Waals surface area (Å²) in [6.07, 6.45) is -3.03. The molecule has 4 nitrogen and oxygen atoms in total. The van der Waals surface area contributed by atoms with E-state index in [0.29, 0.717) is 22.3 Å². The lowest BCUT2D eigenvalue weighted by atomic mass is 10.0. The Hall–Kier alpha value is -2.64. The Balaban J connectivity index is 2.02. The Morgan fingerprint density at radius 1 is 1.12 bits per heavy atom. The van der Waals surface area contributed by atoms with E-state index in [9.17, 15) is 17.6 Å². The summed E-state index contributed by atoms with van der Waals surface area (Å²) in [5, 5.41) is 0. The summed E-state index contributed by atoms with van der Waals surface area (Å²) in [6.45, 7) is 3.04. The molecule has 0 aliphatic heterocycles. The number of rotatable bonds is 3. The first-order valence-corrected chi connectivity index (χ1v) is 7.08. The molecule has 3 aromatic rings. The van der Waals surface area contributed by atoms with E-state index >= 15 is 0 Å². The number of nitrogens with zero attached hydrogens (tertiary/aromatic N) is 3. The summed E-state index contributed by atoms with van der Waals surface area (Å²) in [5.74, 6) is -0.299. The van der Waals surface area contributed by atoms with Crippen molar-refractivity contribution < 1.29 is 22.3 Å². The lowest BCUT2D eigenvalue weighted by Gasteiger charge is -2.12. The fraction of sp³-hybridized carbons (Fsp3) is 0.250. The lowest BCUT2D eigenvalue weighted by molar-refractivity contribution is -0.274. The third-order valence-corrected chi connectivity index (χ3v) is 3.54. The Morgan fingerprint density at radius 2 is 1.83 bits per heavy atom. The second-order valence-corrected chi connectivity index (χ2v) is 5.34. The van der Waals surface area contributed by atoms with Gasteiger partial charge in [0.1, 0.15) is 30.3 Å². The van der Waals surface area contributed by atoms with Crippen molar-refractivity contribution in [1.82, 2.24) is 14.4 Å². The maximum absolute atomic E-state index is 13.6. The summed E-state index contributed by atoms with van der Waals surface area (Å²) in [5.41, 5.74) is 2.55. The Bertz CT molecular complexity index is 887. The van der Waals surface area contributed by atoms with Crippen LogP contribution in [-0.4, -0.2) is 20.7 Å². The molecule has 3 rings (SSSR count). The van der Waals surface area contributed by atoms with Crippen molar-refractivity contribution in [3.05, 3.63) is 48.2 Å². The topological polar surface area (TPSA) is 39.4 Å². The molecular formula is C16H13F4N3O. The highest BCUT2D eigenvalue weighted by molar-refractivity contribution is 5.70. The van der Waals surface area contributed by atoms with Crippen LogP contribution >= 0.6 is 0 Å². The van der Waals surface area contributed by atoms with Gasteiger partial charge >= 0.3 is 6.36 Å².